The first-order valence-corrected chi connectivity index (χ1v) is 11.3. The second-order valence-corrected chi connectivity index (χ2v) is 8.75. The number of likely N-dealkylation sites (tertiary alicyclic amines) is 1. The van der Waals surface area contributed by atoms with E-state index < -0.39 is 0 Å². The first-order chi connectivity index (χ1) is 13.7. The highest BCUT2D eigenvalue weighted by atomic mass is 32.2. The number of thioether (sulfide) groups is 1. The molecule has 1 unspecified atom stereocenters. The van der Waals surface area contributed by atoms with Crippen molar-refractivity contribution in [2.24, 2.45) is 7.05 Å². The van der Waals surface area contributed by atoms with Crippen LogP contribution < -0.4 is 5.32 Å². The molecule has 1 aromatic heterocycles. The van der Waals surface area contributed by atoms with E-state index >= 15 is 0 Å². The van der Waals surface area contributed by atoms with Gasteiger partial charge >= 0.3 is 6.03 Å². The Hall–Kier alpha value is -2.02. The molecule has 28 heavy (non-hydrogen) atoms. The Morgan fingerprint density at radius 1 is 1.11 bits per heavy atom. The molecular weight excluding hydrogens is 370 g/mol. The fraction of sp³-hybridized carbons (Fsp3) is 0.571. The van der Waals surface area contributed by atoms with Gasteiger partial charge in [-0.3, -0.25) is 0 Å². The predicted octanol–water partition coefficient (Wildman–Crippen LogP) is 4.29. The summed E-state index contributed by atoms with van der Waals surface area (Å²) in [6.45, 7) is 0.794. The lowest BCUT2D eigenvalue weighted by atomic mass is 9.96. The van der Waals surface area contributed by atoms with E-state index in [1.165, 1.54) is 24.8 Å². The number of aromatic nitrogens is 3. The monoisotopic (exact) mass is 399 g/mol. The second-order valence-electron chi connectivity index (χ2n) is 7.81. The van der Waals surface area contributed by atoms with Gasteiger partial charge in [0.1, 0.15) is 0 Å². The van der Waals surface area contributed by atoms with E-state index in [-0.39, 0.29) is 12.1 Å². The number of carbonyl (C=O) groups excluding carboxylic acids is 1. The Bertz CT molecular complexity index is 787. The first kappa shape index (κ1) is 19.3. The number of nitrogens with zero attached hydrogens (tertiary/aromatic N) is 4. The van der Waals surface area contributed by atoms with Crippen molar-refractivity contribution in [2.75, 3.05) is 6.54 Å². The number of nitrogens with one attached hydrogen (secondary N) is 1. The molecule has 1 aromatic carbocycles. The molecule has 2 amide bonds. The zero-order chi connectivity index (χ0) is 19.3. The van der Waals surface area contributed by atoms with Crippen LogP contribution in [-0.4, -0.2) is 38.3 Å². The largest absolute Gasteiger partial charge is 0.335 e. The number of urea groups is 1. The predicted molar refractivity (Wildman–Crippen MR) is 111 cm³/mol. The molecule has 1 aliphatic heterocycles. The van der Waals surface area contributed by atoms with Gasteiger partial charge in [0, 0.05) is 25.4 Å². The van der Waals surface area contributed by atoms with Gasteiger partial charge in [0.05, 0.1) is 6.04 Å². The van der Waals surface area contributed by atoms with E-state index in [0.717, 1.165) is 49.0 Å². The summed E-state index contributed by atoms with van der Waals surface area (Å²) in [7, 11) is 2.01. The highest BCUT2D eigenvalue weighted by Gasteiger charge is 2.34. The van der Waals surface area contributed by atoms with E-state index in [0.29, 0.717) is 6.04 Å². The summed E-state index contributed by atoms with van der Waals surface area (Å²) in [4.78, 5) is 14.8. The molecule has 0 spiro atoms. The molecule has 7 heteroatoms. The zero-order valence-corrected chi connectivity index (χ0v) is 17.3. The van der Waals surface area contributed by atoms with Gasteiger partial charge in [-0.2, -0.15) is 0 Å². The standard InChI is InChI=1S/C21H29N5OS/c1-25-19(23-24-21(25)28-15-16-9-4-2-5-10-16)18-13-8-14-26(18)20(27)22-17-11-6-3-7-12-17/h2,4-5,9-10,17-18H,3,6-8,11-15H2,1H3,(H,22,27). The Morgan fingerprint density at radius 3 is 2.68 bits per heavy atom. The van der Waals surface area contributed by atoms with Crippen molar-refractivity contribution >= 4 is 17.8 Å². The average molecular weight is 400 g/mol. The van der Waals surface area contributed by atoms with Crippen LogP contribution in [0.1, 0.15) is 62.4 Å². The molecule has 0 bridgehead atoms. The molecule has 2 heterocycles. The maximum atomic E-state index is 12.9. The molecule has 2 aromatic rings. The van der Waals surface area contributed by atoms with Crippen molar-refractivity contribution in [1.82, 2.24) is 25.0 Å². The van der Waals surface area contributed by atoms with E-state index in [2.05, 4.69) is 44.3 Å². The van der Waals surface area contributed by atoms with Gasteiger partial charge in [-0.1, -0.05) is 61.4 Å². The summed E-state index contributed by atoms with van der Waals surface area (Å²) in [5, 5.41) is 13.0. The number of carbonyl (C=O) groups is 1. The van der Waals surface area contributed by atoms with Gasteiger partial charge in [0.15, 0.2) is 11.0 Å². The molecule has 1 N–H and O–H groups in total. The first-order valence-electron chi connectivity index (χ1n) is 10.4. The quantitative estimate of drug-likeness (QED) is 0.762. The topological polar surface area (TPSA) is 63.1 Å². The third-order valence-corrected chi connectivity index (χ3v) is 6.92. The third kappa shape index (κ3) is 4.35. The van der Waals surface area contributed by atoms with Crippen LogP contribution in [0.25, 0.3) is 0 Å². The van der Waals surface area contributed by atoms with Crippen LogP contribution in [0.2, 0.25) is 0 Å². The molecule has 1 aliphatic carbocycles. The van der Waals surface area contributed by atoms with Gasteiger partial charge in [-0.15, -0.1) is 10.2 Å². The molecule has 150 valence electrons. The number of amides is 2. The molecule has 6 nitrogen and oxygen atoms in total. The Balaban J connectivity index is 1.41. The molecule has 4 rings (SSSR count). The lowest BCUT2D eigenvalue weighted by Crippen LogP contribution is -2.45. The number of hydrogen-bond donors (Lipinski definition) is 1. The number of benzene rings is 1. The molecule has 0 radical (unpaired) electrons. The van der Waals surface area contributed by atoms with Crippen LogP contribution in [0.4, 0.5) is 4.79 Å². The van der Waals surface area contributed by atoms with Crippen molar-refractivity contribution < 1.29 is 4.79 Å². The maximum Gasteiger partial charge on any atom is 0.318 e. The fourth-order valence-corrected chi connectivity index (χ4v) is 5.12. The van der Waals surface area contributed by atoms with Gasteiger partial charge in [-0.25, -0.2) is 4.79 Å². The van der Waals surface area contributed by atoms with Crippen LogP contribution in [0, 0.1) is 0 Å². The van der Waals surface area contributed by atoms with Crippen LogP contribution in [0.15, 0.2) is 35.5 Å². The van der Waals surface area contributed by atoms with Crippen LogP contribution in [0.3, 0.4) is 0 Å². The summed E-state index contributed by atoms with van der Waals surface area (Å²) in [6, 6.07) is 10.8. The Labute approximate surface area is 171 Å². The highest BCUT2D eigenvalue weighted by molar-refractivity contribution is 7.98. The van der Waals surface area contributed by atoms with E-state index in [1.54, 1.807) is 11.8 Å². The normalized spacial score (nSPS) is 20.5. The summed E-state index contributed by atoms with van der Waals surface area (Å²) in [5.41, 5.74) is 1.27. The van der Waals surface area contributed by atoms with Crippen LogP contribution in [-0.2, 0) is 12.8 Å². The number of hydrogen-bond acceptors (Lipinski definition) is 4. The lowest BCUT2D eigenvalue weighted by molar-refractivity contribution is 0.182. The van der Waals surface area contributed by atoms with E-state index in [9.17, 15) is 4.79 Å². The molecule has 1 atom stereocenters. The smallest absolute Gasteiger partial charge is 0.318 e. The summed E-state index contributed by atoms with van der Waals surface area (Å²) in [5.74, 6) is 1.76. The molecule has 1 saturated carbocycles. The maximum absolute atomic E-state index is 12.9. The van der Waals surface area contributed by atoms with Crippen molar-refractivity contribution in [2.45, 2.75) is 67.9 Å². The van der Waals surface area contributed by atoms with Crippen molar-refractivity contribution in [1.29, 1.82) is 0 Å². The lowest BCUT2D eigenvalue weighted by Gasteiger charge is -2.29. The van der Waals surface area contributed by atoms with Gasteiger partial charge in [0.25, 0.3) is 0 Å². The third-order valence-electron chi connectivity index (χ3n) is 5.82. The van der Waals surface area contributed by atoms with E-state index in [4.69, 9.17) is 0 Å². The zero-order valence-electron chi connectivity index (χ0n) is 16.5. The fourth-order valence-electron chi connectivity index (χ4n) is 4.25. The molecule has 2 aliphatic rings. The van der Waals surface area contributed by atoms with Crippen molar-refractivity contribution in [3.05, 3.63) is 41.7 Å². The van der Waals surface area contributed by atoms with Gasteiger partial charge in [0.2, 0.25) is 0 Å². The summed E-state index contributed by atoms with van der Waals surface area (Å²) in [6.07, 6.45) is 7.92. The minimum atomic E-state index is 0.0205. The molecule has 1 saturated heterocycles. The van der Waals surface area contributed by atoms with Crippen LogP contribution in [0.5, 0.6) is 0 Å². The molecule has 2 fully saturated rings. The Morgan fingerprint density at radius 2 is 1.89 bits per heavy atom. The van der Waals surface area contributed by atoms with Crippen molar-refractivity contribution in [3.63, 3.8) is 0 Å². The second kappa shape index (κ2) is 8.99. The van der Waals surface area contributed by atoms with Gasteiger partial charge < -0.3 is 14.8 Å². The Kier molecular flexibility index (Phi) is 6.20. The van der Waals surface area contributed by atoms with Crippen LogP contribution >= 0.6 is 11.8 Å². The van der Waals surface area contributed by atoms with Gasteiger partial charge in [-0.05, 0) is 31.2 Å². The number of rotatable bonds is 5. The minimum Gasteiger partial charge on any atom is -0.335 e. The highest BCUT2D eigenvalue weighted by Crippen LogP contribution is 2.33. The summed E-state index contributed by atoms with van der Waals surface area (Å²) >= 11 is 1.69. The average Bonchev–Trinajstić information content (AvgIpc) is 3.34. The van der Waals surface area contributed by atoms with Crippen molar-refractivity contribution in [3.8, 4) is 0 Å². The SMILES string of the molecule is Cn1c(SCc2ccccc2)nnc1C1CCCN1C(=O)NC1CCCCC1. The molecular formula is C21H29N5OS. The van der Waals surface area contributed by atoms with E-state index in [1.807, 2.05) is 18.0 Å². The summed E-state index contributed by atoms with van der Waals surface area (Å²) < 4.78 is 2.06. The minimum absolute atomic E-state index is 0.0205.